The van der Waals surface area contributed by atoms with Crippen LogP contribution >= 0.6 is 0 Å². The van der Waals surface area contributed by atoms with E-state index in [1.54, 1.807) is 6.08 Å². The molecule has 7 nitrogen and oxygen atoms in total. The van der Waals surface area contributed by atoms with E-state index in [2.05, 4.69) is 13.2 Å². The Balaban J connectivity index is 2.36. The second-order valence-corrected chi connectivity index (χ2v) is 6.86. The molecule has 0 amide bonds. The molecule has 1 aliphatic carbocycles. The number of ether oxygens (including phenoxy) is 2. The van der Waals surface area contributed by atoms with E-state index in [1.165, 1.54) is 0 Å². The average Bonchev–Trinajstić information content (AvgIpc) is 2.92. The molecule has 1 fully saturated rings. The minimum atomic E-state index is -1.42. The fourth-order valence-corrected chi connectivity index (χ4v) is 3.23. The normalized spacial score (nSPS) is 27.0. The Morgan fingerprint density at radius 3 is 2.78 bits per heavy atom. The molecule has 1 saturated heterocycles. The highest BCUT2D eigenvalue weighted by molar-refractivity contribution is 5.92. The van der Waals surface area contributed by atoms with E-state index in [4.69, 9.17) is 14.6 Å². The van der Waals surface area contributed by atoms with Crippen LogP contribution in [0.25, 0.3) is 0 Å². The molecule has 0 aromatic carbocycles. The summed E-state index contributed by atoms with van der Waals surface area (Å²) in [6.07, 6.45) is 2.46. The van der Waals surface area contributed by atoms with Crippen molar-refractivity contribution in [1.29, 1.82) is 0 Å². The molecule has 1 aliphatic heterocycles. The number of esters is 2. The standard InChI is InChI=1S/C20H26O7/c1-11-5-4-6-14(9-21)8-17-18(13(3)20(25)27-17)16(7-11)26-19(24)12(2)15(23)10-22/h5,8,15-18,21-23H,2-4,6-7,9-10H2,1H3/t15-,16+,17+,18+/m0/s1. The lowest BCUT2D eigenvalue weighted by molar-refractivity contribution is -0.148. The lowest BCUT2D eigenvalue weighted by atomic mass is 9.85. The van der Waals surface area contributed by atoms with Gasteiger partial charge in [0.15, 0.2) is 0 Å². The Morgan fingerprint density at radius 1 is 1.44 bits per heavy atom. The largest absolute Gasteiger partial charge is 0.458 e. The number of carbonyl (C=O) groups is 2. The minimum Gasteiger partial charge on any atom is -0.458 e. The Hall–Kier alpha value is -2.22. The van der Waals surface area contributed by atoms with Crippen LogP contribution in [0.15, 0.2) is 47.6 Å². The maximum absolute atomic E-state index is 12.3. The van der Waals surface area contributed by atoms with Crippen molar-refractivity contribution in [1.82, 2.24) is 0 Å². The zero-order valence-corrected chi connectivity index (χ0v) is 15.4. The number of aliphatic hydroxyl groups excluding tert-OH is 3. The van der Waals surface area contributed by atoms with E-state index in [-0.39, 0.29) is 17.8 Å². The molecule has 4 atom stereocenters. The summed E-state index contributed by atoms with van der Waals surface area (Å²) in [6, 6.07) is 0. The van der Waals surface area contributed by atoms with Crippen LogP contribution in [0, 0.1) is 5.92 Å². The van der Waals surface area contributed by atoms with Gasteiger partial charge in [-0.1, -0.05) is 24.8 Å². The highest BCUT2D eigenvalue weighted by atomic mass is 16.6. The number of allylic oxidation sites excluding steroid dienone is 1. The monoisotopic (exact) mass is 378 g/mol. The van der Waals surface area contributed by atoms with Crippen molar-refractivity contribution in [2.24, 2.45) is 5.92 Å². The smallest absolute Gasteiger partial charge is 0.336 e. The molecule has 0 saturated carbocycles. The van der Waals surface area contributed by atoms with Crippen LogP contribution in [0.4, 0.5) is 0 Å². The van der Waals surface area contributed by atoms with Gasteiger partial charge in [0.05, 0.1) is 24.7 Å². The predicted octanol–water partition coefficient (Wildman–Crippen LogP) is 0.954. The molecule has 1 heterocycles. The Morgan fingerprint density at radius 2 is 2.15 bits per heavy atom. The third-order valence-electron chi connectivity index (χ3n) is 4.84. The number of carbonyl (C=O) groups excluding carboxylic acids is 2. The first-order chi connectivity index (χ1) is 12.8. The Bertz CT molecular complexity index is 688. The summed E-state index contributed by atoms with van der Waals surface area (Å²) in [7, 11) is 0. The second kappa shape index (κ2) is 9.12. The van der Waals surface area contributed by atoms with Gasteiger partial charge >= 0.3 is 11.9 Å². The summed E-state index contributed by atoms with van der Waals surface area (Å²) in [5.74, 6) is -2.05. The van der Waals surface area contributed by atoms with Gasteiger partial charge in [0.2, 0.25) is 0 Å². The number of fused-ring (bicyclic) bond motifs is 1. The molecular formula is C20H26O7. The molecule has 2 rings (SSSR count). The first kappa shape index (κ1) is 21.1. The molecule has 0 aromatic heterocycles. The Kier molecular flexibility index (Phi) is 7.12. The van der Waals surface area contributed by atoms with Crippen molar-refractivity contribution in [3.8, 4) is 0 Å². The van der Waals surface area contributed by atoms with E-state index in [1.807, 2.05) is 13.0 Å². The number of aliphatic hydroxyl groups is 3. The van der Waals surface area contributed by atoms with Gasteiger partial charge in [-0.25, -0.2) is 9.59 Å². The molecule has 27 heavy (non-hydrogen) atoms. The van der Waals surface area contributed by atoms with Crippen LogP contribution in [0.3, 0.4) is 0 Å². The fraction of sp³-hybridized carbons (Fsp3) is 0.500. The van der Waals surface area contributed by atoms with Gasteiger partial charge in [-0.3, -0.25) is 0 Å². The molecule has 148 valence electrons. The molecule has 0 aromatic rings. The first-order valence-electron chi connectivity index (χ1n) is 8.83. The van der Waals surface area contributed by atoms with Gasteiger partial charge in [-0.15, -0.1) is 0 Å². The quantitative estimate of drug-likeness (QED) is 0.371. The van der Waals surface area contributed by atoms with E-state index in [0.29, 0.717) is 19.3 Å². The van der Waals surface area contributed by atoms with Crippen molar-refractivity contribution in [3.63, 3.8) is 0 Å². The lowest BCUT2D eigenvalue weighted by Crippen LogP contribution is -2.35. The highest BCUT2D eigenvalue weighted by Crippen LogP contribution is 2.36. The number of hydrogen-bond acceptors (Lipinski definition) is 7. The van der Waals surface area contributed by atoms with Crippen molar-refractivity contribution < 1.29 is 34.4 Å². The molecule has 0 unspecified atom stereocenters. The van der Waals surface area contributed by atoms with Gasteiger partial charge in [-0.05, 0) is 31.4 Å². The second-order valence-electron chi connectivity index (χ2n) is 6.86. The van der Waals surface area contributed by atoms with Crippen LogP contribution in [-0.2, 0) is 19.1 Å². The summed E-state index contributed by atoms with van der Waals surface area (Å²) in [4.78, 5) is 24.4. The SMILES string of the molecule is C=C1C(=O)O[C@@H]2C=C(CO)CCC=C(C)C[C@@H](OC(=O)C(=C)[C@@H](O)CO)[C@@H]12. The summed E-state index contributed by atoms with van der Waals surface area (Å²) >= 11 is 0. The molecule has 0 radical (unpaired) electrons. The number of hydrogen-bond donors (Lipinski definition) is 3. The van der Waals surface area contributed by atoms with Crippen LogP contribution < -0.4 is 0 Å². The van der Waals surface area contributed by atoms with Gasteiger partial charge in [0.1, 0.15) is 18.3 Å². The summed E-state index contributed by atoms with van der Waals surface area (Å²) in [5.41, 5.74) is 1.60. The average molecular weight is 378 g/mol. The van der Waals surface area contributed by atoms with E-state index >= 15 is 0 Å². The zero-order valence-electron chi connectivity index (χ0n) is 15.4. The van der Waals surface area contributed by atoms with Crippen molar-refractivity contribution >= 4 is 11.9 Å². The molecule has 0 bridgehead atoms. The van der Waals surface area contributed by atoms with Crippen LogP contribution in [0.2, 0.25) is 0 Å². The van der Waals surface area contributed by atoms with Crippen molar-refractivity contribution in [2.75, 3.05) is 13.2 Å². The summed E-state index contributed by atoms with van der Waals surface area (Å²) < 4.78 is 10.9. The minimum absolute atomic E-state index is 0.163. The molecule has 7 heteroatoms. The topological polar surface area (TPSA) is 113 Å². The molecule has 2 aliphatic rings. The predicted molar refractivity (Wildman–Crippen MR) is 97.4 cm³/mol. The van der Waals surface area contributed by atoms with E-state index < -0.39 is 42.8 Å². The van der Waals surface area contributed by atoms with Crippen molar-refractivity contribution in [2.45, 2.75) is 44.5 Å². The number of rotatable bonds is 5. The van der Waals surface area contributed by atoms with Crippen molar-refractivity contribution in [3.05, 3.63) is 47.6 Å². The lowest BCUT2D eigenvalue weighted by Gasteiger charge is -2.28. The van der Waals surface area contributed by atoms with E-state index in [9.17, 15) is 19.8 Å². The van der Waals surface area contributed by atoms with Crippen LogP contribution in [0.5, 0.6) is 0 Å². The van der Waals surface area contributed by atoms with Crippen LogP contribution in [-0.4, -0.2) is 58.8 Å². The first-order valence-corrected chi connectivity index (χ1v) is 8.83. The Labute approximate surface area is 158 Å². The van der Waals surface area contributed by atoms with Gasteiger partial charge in [0.25, 0.3) is 0 Å². The fourth-order valence-electron chi connectivity index (χ4n) is 3.23. The maximum Gasteiger partial charge on any atom is 0.336 e. The van der Waals surface area contributed by atoms with Gasteiger partial charge < -0.3 is 24.8 Å². The highest BCUT2D eigenvalue weighted by Gasteiger charge is 2.44. The van der Waals surface area contributed by atoms with Gasteiger partial charge in [-0.2, -0.15) is 0 Å². The summed E-state index contributed by atoms with van der Waals surface area (Å²) in [5, 5.41) is 28.2. The molecule has 0 spiro atoms. The van der Waals surface area contributed by atoms with Crippen LogP contribution in [0.1, 0.15) is 26.2 Å². The third-order valence-corrected chi connectivity index (χ3v) is 4.84. The molecule has 3 N–H and O–H groups in total. The van der Waals surface area contributed by atoms with E-state index in [0.717, 1.165) is 11.1 Å². The summed E-state index contributed by atoms with van der Waals surface area (Å²) in [6.45, 7) is 8.32. The zero-order chi connectivity index (χ0) is 20.1. The maximum atomic E-state index is 12.3. The van der Waals surface area contributed by atoms with Gasteiger partial charge in [0, 0.05) is 12.0 Å². The third kappa shape index (κ3) is 4.94. The molecular weight excluding hydrogens is 352 g/mol.